The van der Waals surface area contributed by atoms with E-state index in [9.17, 15) is 22.4 Å². The lowest BCUT2D eigenvalue weighted by Gasteiger charge is -2.08. The van der Waals surface area contributed by atoms with Gasteiger partial charge in [-0.1, -0.05) is 12.1 Å². The molecule has 0 saturated carbocycles. The van der Waals surface area contributed by atoms with Gasteiger partial charge in [0.2, 0.25) is 0 Å². The monoisotopic (exact) mass is 336 g/mol. The zero-order valence-electron chi connectivity index (χ0n) is 12.2. The van der Waals surface area contributed by atoms with Crippen molar-refractivity contribution in [2.45, 2.75) is 4.90 Å². The fraction of sp³-hybridized carbons (Fsp3) is 0.125. The second kappa shape index (κ2) is 6.70. The third kappa shape index (κ3) is 4.23. The SMILES string of the molecule is CS(=O)(=O)c1ccccc1C(=O)OCC(=O)c1ccc(F)cc1. The number of ether oxygens (including phenoxy) is 1. The Hall–Kier alpha value is -2.54. The molecule has 2 aromatic carbocycles. The van der Waals surface area contributed by atoms with Crippen LogP contribution < -0.4 is 0 Å². The van der Waals surface area contributed by atoms with Crippen LogP contribution in [0.25, 0.3) is 0 Å². The van der Waals surface area contributed by atoms with Gasteiger partial charge in [0.15, 0.2) is 22.2 Å². The zero-order chi connectivity index (χ0) is 17.0. The van der Waals surface area contributed by atoms with Gasteiger partial charge in [0.25, 0.3) is 0 Å². The van der Waals surface area contributed by atoms with Crippen molar-refractivity contribution in [3.8, 4) is 0 Å². The summed E-state index contributed by atoms with van der Waals surface area (Å²) in [5, 5.41) is 0. The Bertz CT molecular complexity index is 841. The summed E-state index contributed by atoms with van der Waals surface area (Å²) >= 11 is 0. The number of sulfone groups is 1. The van der Waals surface area contributed by atoms with Gasteiger partial charge in [0, 0.05) is 11.8 Å². The summed E-state index contributed by atoms with van der Waals surface area (Å²) in [6, 6.07) is 10.4. The number of rotatable bonds is 5. The van der Waals surface area contributed by atoms with Gasteiger partial charge < -0.3 is 4.74 Å². The number of hydrogen-bond donors (Lipinski definition) is 0. The normalized spacial score (nSPS) is 11.0. The quantitative estimate of drug-likeness (QED) is 0.618. The lowest BCUT2D eigenvalue weighted by molar-refractivity contribution is 0.0471. The Kier molecular flexibility index (Phi) is 4.90. The maximum Gasteiger partial charge on any atom is 0.339 e. The minimum atomic E-state index is -3.60. The fourth-order valence-corrected chi connectivity index (χ4v) is 2.76. The van der Waals surface area contributed by atoms with Gasteiger partial charge >= 0.3 is 5.97 Å². The van der Waals surface area contributed by atoms with E-state index in [1.54, 1.807) is 0 Å². The number of hydrogen-bond acceptors (Lipinski definition) is 5. The Morgan fingerprint density at radius 3 is 2.26 bits per heavy atom. The van der Waals surface area contributed by atoms with E-state index in [0.29, 0.717) is 0 Å². The molecule has 0 atom stereocenters. The average molecular weight is 336 g/mol. The van der Waals surface area contributed by atoms with Gasteiger partial charge in [0.1, 0.15) is 5.82 Å². The molecule has 0 aromatic heterocycles. The first-order valence-corrected chi connectivity index (χ1v) is 8.43. The van der Waals surface area contributed by atoms with Gasteiger partial charge in [-0.15, -0.1) is 0 Å². The first kappa shape index (κ1) is 16.8. The molecule has 0 fully saturated rings. The van der Waals surface area contributed by atoms with E-state index in [4.69, 9.17) is 4.74 Å². The lowest BCUT2D eigenvalue weighted by Crippen LogP contribution is -2.16. The van der Waals surface area contributed by atoms with Gasteiger partial charge in [0.05, 0.1) is 10.5 Å². The highest BCUT2D eigenvalue weighted by atomic mass is 32.2. The number of carbonyl (C=O) groups excluding carboxylic acids is 2. The van der Waals surface area contributed by atoms with Crippen LogP contribution in [-0.2, 0) is 14.6 Å². The molecule has 0 aliphatic rings. The Labute approximate surface area is 132 Å². The van der Waals surface area contributed by atoms with E-state index in [2.05, 4.69) is 0 Å². The van der Waals surface area contributed by atoms with E-state index in [1.165, 1.54) is 36.4 Å². The van der Waals surface area contributed by atoms with Crippen LogP contribution in [-0.4, -0.2) is 33.0 Å². The van der Waals surface area contributed by atoms with Gasteiger partial charge in [-0.25, -0.2) is 17.6 Å². The van der Waals surface area contributed by atoms with Crippen molar-refractivity contribution in [2.75, 3.05) is 12.9 Å². The molecule has 7 heteroatoms. The number of carbonyl (C=O) groups is 2. The van der Waals surface area contributed by atoms with Crippen molar-refractivity contribution < 1.29 is 27.1 Å². The van der Waals surface area contributed by atoms with E-state index in [1.807, 2.05) is 0 Å². The largest absolute Gasteiger partial charge is 0.454 e. The number of ketones is 1. The Morgan fingerprint density at radius 2 is 1.65 bits per heavy atom. The highest BCUT2D eigenvalue weighted by Gasteiger charge is 2.20. The molecule has 0 radical (unpaired) electrons. The van der Waals surface area contributed by atoms with Crippen LogP contribution in [0.15, 0.2) is 53.4 Å². The predicted octanol–water partition coefficient (Wildman–Crippen LogP) is 2.27. The van der Waals surface area contributed by atoms with Crippen LogP contribution in [0.3, 0.4) is 0 Å². The van der Waals surface area contributed by atoms with E-state index in [0.717, 1.165) is 18.4 Å². The molecule has 0 aliphatic heterocycles. The molecule has 2 rings (SSSR count). The van der Waals surface area contributed by atoms with Crippen LogP contribution in [0.1, 0.15) is 20.7 Å². The molecule has 0 heterocycles. The highest BCUT2D eigenvalue weighted by molar-refractivity contribution is 7.90. The molecule has 0 saturated heterocycles. The molecule has 23 heavy (non-hydrogen) atoms. The number of Topliss-reactive ketones (excluding diaryl/α,β-unsaturated/α-hetero) is 1. The van der Waals surface area contributed by atoms with Crippen molar-refractivity contribution in [3.63, 3.8) is 0 Å². The van der Waals surface area contributed by atoms with E-state index in [-0.39, 0.29) is 16.0 Å². The molecule has 0 N–H and O–H groups in total. The second-order valence-corrected chi connectivity index (χ2v) is 6.76. The molecular weight excluding hydrogens is 323 g/mol. The minimum absolute atomic E-state index is 0.137. The van der Waals surface area contributed by atoms with Gasteiger partial charge in [-0.3, -0.25) is 4.79 Å². The topological polar surface area (TPSA) is 77.5 Å². The molecule has 2 aromatic rings. The Morgan fingerprint density at radius 1 is 1.04 bits per heavy atom. The minimum Gasteiger partial charge on any atom is -0.454 e. The van der Waals surface area contributed by atoms with Gasteiger partial charge in [-0.2, -0.15) is 0 Å². The van der Waals surface area contributed by atoms with Crippen molar-refractivity contribution in [3.05, 3.63) is 65.5 Å². The summed E-state index contributed by atoms with van der Waals surface area (Å²) in [6.45, 7) is -0.567. The van der Waals surface area contributed by atoms with Crippen LogP contribution >= 0.6 is 0 Å². The van der Waals surface area contributed by atoms with Crippen molar-refractivity contribution >= 4 is 21.6 Å². The summed E-state index contributed by atoms with van der Waals surface area (Å²) < 4.78 is 40.9. The summed E-state index contributed by atoms with van der Waals surface area (Å²) in [7, 11) is -3.60. The molecular formula is C16H13FO5S. The summed E-state index contributed by atoms with van der Waals surface area (Å²) in [4.78, 5) is 23.7. The lowest BCUT2D eigenvalue weighted by atomic mass is 10.1. The number of halogens is 1. The summed E-state index contributed by atoms with van der Waals surface area (Å²) in [5.41, 5.74) is 0.0532. The third-order valence-corrected chi connectivity index (χ3v) is 4.16. The van der Waals surface area contributed by atoms with E-state index < -0.39 is 34.0 Å². The molecule has 120 valence electrons. The molecule has 0 amide bonds. The van der Waals surface area contributed by atoms with Gasteiger partial charge in [-0.05, 0) is 36.4 Å². The number of benzene rings is 2. The molecule has 0 bridgehead atoms. The summed E-state index contributed by atoms with van der Waals surface area (Å²) in [6.07, 6.45) is 0.975. The maximum absolute atomic E-state index is 12.8. The van der Waals surface area contributed by atoms with Crippen LogP contribution in [0, 0.1) is 5.82 Å². The van der Waals surface area contributed by atoms with Crippen molar-refractivity contribution in [1.82, 2.24) is 0 Å². The first-order chi connectivity index (χ1) is 10.8. The third-order valence-electron chi connectivity index (χ3n) is 3.01. The fourth-order valence-electron chi connectivity index (χ4n) is 1.89. The van der Waals surface area contributed by atoms with Crippen LogP contribution in [0.2, 0.25) is 0 Å². The average Bonchev–Trinajstić information content (AvgIpc) is 2.52. The molecule has 0 unspecified atom stereocenters. The standard InChI is InChI=1S/C16H13FO5S/c1-23(20,21)15-5-3-2-4-13(15)16(19)22-10-14(18)11-6-8-12(17)9-7-11/h2-9H,10H2,1H3. The highest BCUT2D eigenvalue weighted by Crippen LogP contribution is 2.16. The summed E-state index contributed by atoms with van der Waals surface area (Å²) in [5.74, 6) is -1.92. The Balaban J connectivity index is 2.12. The smallest absolute Gasteiger partial charge is 0.339 e. The molecule has 0 aliphatic carbocycles. The van der Waals surface area contributed by atoms with Crippen molar-refractivity contribution in [1.29, 1.82) is 0 Å². The van der Waals surface area contributed by atoms with Crippen molar-refractivity contribution in [2.24, 2.45) is 0 Å². The predicted molar refractivity (Wildman–Crippen MR) is 80.6 cm³/mol. The maximum atomic E-state index is 12.8. The second-order valence-electron chi connectivity index (χ2n) is 4.77. The first-order valence-electron chi connectivity index (χ1n) is 6.54. The zero-order valence-corrected chi connectivity index (χ0v) is 13.0. The van der Waals surface area contributed by atoms with Crippen LogP contribution in [0.4, 0.5) is 4.39 Å². The molecule has 0 spiro atoms. The molecule has 5 nitrogen and oxygen atoms in total. The van der Waals surface area contributed by atoms with E-state index >= 15 is 0 Å². The van der Waals surface area contributed by atoms with Crippen LogP contribution in [0.5, 0.6) is 0 Å². The number of esters is 1.